The van der Waals surface area contributed by atoms with E-state index in [-0.39, 0.29) is 17.4 Å². The Bertz CT molecular complexity index is 1110. The van der Waals surface area contributed by atoms with Gasteiger partial charge in [-0.05, 0) is 75.1 Å². The minimum atomic E-state index is -4.68. The van der Waals surface area contributed by atoms with Crippen LogP contribution in [-0.4, -0.2) is 48.0 Å². The van der Waals surface area contributed by atoms with Crippen LogP contribution in [0.4, 0.5) is 24.8 Å². The fraction of sp³-hybridized carbons (Fsp3) is 0.556. The van der Waals surface area contributed by atoms with Crippen LogP contribution in [0.15, 0.2) is 30.3 Å². The number of aryl methyl sites for hydroxylation is 1. The number of ketones is 1. The molecule has 3 heterocycles. The Hall–Kier alpha value is -3.19. The number of carbonyl (C=O) groups is 1. The molecule has 7 nitrogen and oxygen atoms in total. The summed E-state index contributed by atoms with van der Waals surface area (Å²) in [5.74, 6) is -0.230. The summed E-state index contributed by atoms with van der Waals surface area (Å²) in [5, 5.41) is 8.92. The molecule has 1 aromatic heterocycles. The molecule has 2 fully saturated rings. The molecule has 1 aromatic carbocycles. The predicted octanol–water partition coefficient (Wildman–Crippen LogP) is 4.49. The standard InChI is InChI=1S/C27H33F3N6O/c28-27(29,30)26-33-24(35-15-11-20(10-13-31)12-16-35)17-25(34-26)36-14-2-4-22(36)23(37)5-1-3-19-6-8-21(18-32)9-7-19/h6-9,17,20,22H,1-5,10-16,31H2/t22-/m0/s1. The molecule has 2 saturated heterocycles. The van der Waals surface area contributed by atoms with Crippen LogP contribution in [-0.2, 0) is 17.4 Å². The lowest BCUT2D eigenvalue weighted by Gasteiger charge is -2.34. The van der Waals surface area contributed by atoms with Gasteiger partial charge in [-0.15, -0.1) is 0 Å². The molecule has 10 heteroatoms. The number of anilines is 2. The van der Waals surface area contributed by atoms with Gasteiger partial charge in [-0.1, -0.05) is 12.1 Å². The summed E-state index contributed by atoms with van der Waals surface area (Å²) >= 11 is 0. The first-order chi connectivity index (χ1) is 17.8. The van der Waals surface area contributed by atoms with E-state index in [4.69, 9.17) is 11.0 Å². The maximum absolute atomic E-state index is 13.7. The zero-order valence-electron chi connectivity index (χ0n) is 20.9. The number of carbonyl (C=O) groups excluding carboxylic acids is 1. The van der Waals surface area contributed by atoms with E-state index >= 15 is 0 Å². The molecule has 2 aliphatic heterocycles. The zero-order valence-corrected chi connectivity index (χ0v) is 20.9. The Morgan fingerprint density at radius 2 is 1.78 bits per heavy atom. The zero-order chi connectivity index (χ0) is 26.4. The summed E-state index contributed by atoms with van der Waals surface area (Å²) < 4.78 is 41.2. The summed E-state index contributed by atoms with van der Waals surface area (Å²) in [7, 11) is 0. The van der Waals surface area contributed by atoms with Gasteiger partial charge in [0.1, 0.15) is 11.6 Å². The topological polar surface area (TPSA) is 99.1 Å². The van der Waals surface area contributed by atoms with Crippen LogP contribution in [0.1, 0.15) is 61.9 Å². The number of halogens is 3. The van der Waals surface area contributed by atoms with Crippen molar-refractivity contribution in [1.82, 2.24) is 9.97 Å². The van der Waals surface area contributed by atoms with Crippen molar-refractivity contribution in [3.8, 4) is 6.07 Å². The quantitative estimate of drug-likeness (QED) is 0.526. The van der Waals surface area contributed by atoms with Crippen molar-refractivity contribution in [2.75, 3.05) is 36.0 Å². The number of aromatic nitrogens is 2. The highest BCUT2D eigenvalue weighted by molar-refractivity contribution is 5.87. The van der Waals surface area contributed by atoms with Gasteiger partial charge in [0.2, 0.25) is 5.82 Å². The molecule has 37 heavy (non-hydrogen) atoms. The van der Waals surface area contributed by atoms with Gasteiger partial charge in [-0.3, -0.25) is 4.79 Å². The average molecular weight is 515 g/mol. The Morgan fingerprint density at radius 3 is 2.43 bits per heavy atom. The summed E-state index contributed by atoms with van der Waals surface area (Å²) in [5.41, 5.74) is 7.30. The normalized spacial score (nSPS) is 18.7. The molecule has 0 bridgehead atoms. The van der Waals surface area contributed by atoms with Crippen LogP contribution in [0.3, 0.4) is 0 Å². The van der Waals surface area contributed by atoms with Gasteiger partial charge in [0.05, 0.1) is 17.7 Å². The van der Waals surface area contributed by atoms with E-state index in [0.717, 1.165) is 31.2 Å². The van der Waals surface area contributed by atoms with Gasteiger partial charge < -0.3 is 15.5 Å². The Morgan fingerprint density at radius 1 is 1.08 bits per heavy atom. The van der Waals surface area contributed by atoms with Crippen molar-refractivity contribution in [3.63, 3.8) is 0 Å². The fourth-order valence-corrected chi connectivity index (χ4v) is 5.30. The largest absolute Gasteiger partial charge is 0.451 e. The molecular formula is C27H33F3N6O. The van der Waals surface area contributed by atoms with Crippen LogP contribution in [0.2, 0.25) is 0 Å². The number of alkyl halides is 3. The highest BCUT2D eigenvalue weighted by Gasteiger charge is 2.38. The third-order valence-corrected chi connectivity index (χ3v) is 7.36. The van der Waals surface area contributed by atoms with Crippen LogP contribution in [0.5, 0.6) is 0 Å². The van der Waals surface area contributed by atoms with Crippen LogP contribution in [0.25, 0.3) is 0 Å². The smallest absolute Gasteiger partial charge is 0.356 e. The first-order valence-electron chi connectivity index (χ1n) is 13.0. The highest BCUT2D eigenvalue weighted by Crippen LogP contribution is 2.34. The van der Waals surface area contributed by atoms with E-state index in [9.17, 15) is 18.0 Å². The van der Waals surface area contributed by atoms with Crippen molar-refractivity contribution < 1.29 is 18.0 Å². The lowest BCUT2D eigenvalue weighted by Crippen LogP contribution is -2.38. The molecule has 2 aromatic rings. The minimum Gasteiger partial charge on any atom is -0.356 e. The Balaban J connectivity index is 1.46. The molecule has 0 spiro atoms. The lowest BCUT2D eigenvalue weighted by atomic mass is 9.94. The molecule has 2 aliphatic rings. The molecule has 0 unspecified atom stereocenters. The second-order valence-corrected chi connectivity index (χ2v) is 9.89. The van der Waals surface area contributed by atoms with E-state index < -0.39 is 18.0 Å². The van der Waals surface area contributed by atoms with Gasteiger partial charge in [0.15, 0.2) is 5.78 Å². The first kappa shape index (κ1) is 26.9. The molecule has 0 radical (unpaired) electrons. The van der Waals surface area contributed by atoms with E-state index in [1.165, 1.54) is 0 Å². The van der Waals surface area contributed by atoms with Gasteiger partial charge in [0.25, 0.3) is 0 Å². The van der Waals surface area contributed by atoms with E-state index in [1.807, 2.05) is 17.0 Å². The third kappa shape index (κ3) is 6.77. The number of hydrogen-bond acceptors (Lipinski definition) is 7. The first-order valence-corrected chi connectivity index (χ1v) is 13.0. The molecule has 198 valence electrons. The minimum absolute atomic E-state index is 0.0162. The Labute approximate surface area is 215 Å². The number of benzene rings is 1. The highest BCUT2D eigenvalue weighted by atomic mass is 19.4. The summed E-state index contributed by atoms with van der Waals surface area (Å²) in [6.07, 6.45) is 0.944. The monoisotopic (exact) mass is 514 g/mol. The number of piperidine rings is 1. The van der Waals surface area contributed by atoms with E-state index in [2.05, 4.69) is 16.0 Å². The number of Topliss-reactive ketones (excluding diaryl/α,β-unsaturated/α-hetero) is 1. The number of hydrogen-bond donors (Lipinski definition) is 1. The van der Waals surface area contributed by atoms with Crippen LogP contribution < -0.4 is 15.5 Å². The second-order valence-electron chi connectivity index (χ2n) is 9.89. The fourth-order valence-electron chi connectivity index (χ4n) is 5.30. The van der Waals surface area contributed by atoms with E-state index in [0.29, 0.717) is 63.3 Å². The van der Waals surface area contributed by atoms with Gasteiger partial charge in [-0.25, -0.2) is 9.97 Å². The third-order valence-electron chi connectivity index (χ3n) is 7.36. The number of nitriles is 1. The molecule has 0 amide bonds. The predicted molar refractivity (Wildman–Crippen MR) is 135 cm³/mol. The maximum Gasteiger partial charge on any atom is 0.451 e. The molecule has 2 N–H and O–H groups in total. The van der Waals surface area contributed by atoms with Crippen LogP contribution in [0, 0.1) is 17.2 Å². The van der Waals surface area contributed by atoms with Gasteiger partial charge in [-0.2, -0.15) is 18.4 Å². The molecule has 4 rings (SSSR count). The second kappa shape index (κ2) is 11.9. The summed E-state index contributed by atoms with van der Waals surface area (Å²) in [6.45, 7) is 2.34. The van der Waals surface area contributed by atoms with Crippen molar-refractivity contribution in [3.05, 3.63) is 47.3 Å². The summed E-state index contributed by atoms with van der Waals surface area (Å²) in [4.78, 5) is 24.5. The van der Waals surface area contributed by atoms with Crippen molar-refractivity contribution in [2.24, 2.45) is 11.7 Å². The van der Waals surface area contributed by atoms with Gasteiger partial charge >= 0.3 is 6.18 Å². The number of nitrogens with two attached hydrogens (primary N) is 1. The lowest BCUT2D eigenvalue weighted by molar-refractivity contribution is -0.144. The van der Waals surface area contributed by atoms with Gasteiger partial charge in [0, 0.05) is 32.1 Å². The number of rotatable bonds is 9. The molecule has 0 saturated carbocycles. The molecular weight excluding hydrogens is 481 g/mol. The van der Waals surface area contributed by atoms with Crippen molar-refractivity contribution in [1.29, 1.82) is 5.26 Å². The van der Waals surface area contributed by atoms with Crippen molar-refractivity contribution in [2.45, 2.75) is 63.6 Å². The molecule has 1 atom stereocenters. The van der Waals surface area contributed by atoms with Crippen molar-refractivity contribution >= 4 is 17.4 Å². The maximum atomic E-state index is 13.7. The Kier molecular flexibility index (Phi) is 8.64. The SMILES string of the molecule is N#Cc1ccc(CCCC(=O)[C@@H]2CCCN2c2cc(N3CCC(CCN)CC3)nc(C(F)(F)F)n2)cc1. The molecule has 0 aliphatic carbocycles. The van der Waals surface area contributed by atoms with E-state index in [1.54, 1.807) is 23.1 Å². The average Bonchev–Trinajstić information content (AvgIpc) is 3.39. The number of nitrogens with zero attached hydrogens (tertiary/aromatic N) is 5. The van der Waals surface area contributed by atoms with Crippen LogP contribution >= 0.6 is 0 Å². The summed E-state index contributed by atoms with van der Waals surface area (Å²) in [6, 6.07) is 10.5.